The van der Waals surface area contributed by atoms with Crippen molar-refractivity contribution >= 4 is 11.3 Å². The summed E-state index contributed by atoms with van der Waals surface area (Å²) in [5.74, 6) is 2.70. The Morgan fingerprint density at radius 2 is 2.47 bits per heavy atom. The van der Waals surface area contributed by atoms with Crippen LogP contribution in [0.3, 0.4) is 0 Å². The summed E-state index contributed by atoms with van der Waals surface area (Å²) >= 11 is 1.76. The van der Waals surface area contributed by atoms with Gasteiger partial charge in [-0.15, -0.1) is 12.3 Å². The predicted molar refractivity (Wildman–Crippen MR) is 68.0 cm³/mol. The van der Waals surface area contributed by atoms with Crippen LogP contribution in [0.2, 0.25) is 0 Å². The van der Waals surface area contributed by atoms with Gasteiger partial charge in [-0.25, -0.2) is 0 Å². The molecule has 0 aliphatic heterocycles. The molecule has 0 fully saturated rings. The second-order valence-corrected chi connectivity index (χ2v) is 4.44. The number of unbranched alkanes of at least 4 members (excludes halogenated alkanes) is 1. The Morgan fingerprint density at radius 1 is 1.60 bits per heavy atom. The van der Waals surface area contributed by atoms with Crippen LogP contribution in [0.1, 0.15) is 44.2 Å². The fraction of sp³-hybridized carbons (Fsp3) is 0.538. The maximum atomic E-state index is 5.27. The van der Waals surface area contributed by atoms with Gasteiger partial charge in [0, 0.05) is 12.5 Å². The summed E-state index contributed by atoms with van der Waals surface area (Å²) in [7, 11) is 0. The summed E-state index contributed by atoms with van der Waals surface area (Å²) in [6, 6.07) is 2.69. The molecule has 1 heterocycles. The van der Waals surface area contributed by atoms with Gasteiger partial charge in [0.2, 0.25) is 0 Å². The smallest absolute Gasteiger partial charge is 0.0328 e. The van der Waals surface area contributed by atoms with Crippen LogP contribution in [-0.4, -0.2) is 6.54 Å². The molecule has 0 aliphatic rings. The van der Waals surface area contributed by atoms with Crippen LogP contribution in [-0.2, 0) is 0 Å². The standard InChI is InChI=1S/C13H19NS/c1-3-5-6-7-13(14-9-4-2)12-8-10-15-11-12/h1,8,10-11,13-14H,4-7,9H2,2H3. The second kappa shape index (κ2) is 7.50. The average Bonchev–Trinajstić information content (AvgIpc) is 2.76. The van der Waals surface area contributed by atoms with E-state index in [1.165, 1.54) is 12.0 Å². The molecule has 0 amide bonds. The highest BCUT2D eigenvalue weighted by atomic mass is 32.1. The first kappa shape index (κ1) is 12.3. The molecule has 0 saturated carbocycles. The van der Waals surface area contributed by atoms with Crippen LogP contribution in [0.25, 0.3) is 0 Å². The van der Waals surface area contributed by atoms with Crippen LogP contribution < -0.4 is 5.32 Å². The highest BCUT2D eigenvalue weighted by Crippen LogP contribution is 2.21. The minimum Gasteiger partial charge on any atom is -0.310 e. The van der Waals surface area contributed by atoms with E-state index in [0.717, 1.165) is 25.8 Å². The van der Waals surface area contributed by atoms with Gasteiger partial charge in [-0.1, -0.05) is 6.92 Å². The van der Waals surface area contributed by atoms with Gasteiger partial charge < -0.3 is 5.32 Å². The third-order valence-electron chi connectivity index (χ3n) is 2.40. The lowest BCUT2D eigenvalue weighted by atomic mass is 10.0. The number of rotatable bonds is 7. The third-order valence-corrected chi connectivity index (χ3v) is 3.10. The Labute approximate surface area is 96.9 Å². The molecule has 2 heteroatoms. The molecule has 1 aromatic heterocycles. The molecule has 15 heavy (non-hydrogen) atoms. The van der Waals surface area contributed by atoms with Gasteiger partial charge in [0.05, 0.1) is 0 Å². The number of nitrogens with one attached hydrogen (secondary N) is 1. The van der Waals surface area contributed by atoms with Crippen LogP contribution in [0.15, 0.2) is 16.8 Å². The van der Waals surface area contributed by atoms with Crippen molar-refractivity contribution in [3.63, 3.8) is 0 Å². The van der Waals surface area contributed by atoms with Crippen LogP contribution in [0.4, 0.5) is 0 Å². The quantitative estimate of drug-likeness (QED) is 0.548. The van der Waals surface area contributed by atoms with Crippen LogP contribution in [0.5, 0.6) is 0 Å². The van der Waals surface area contributed by atoms with E-state index in [1.807, 2.05) is 0 Å². The van der Waals surface area contributed by atoms with Crippen molar-refractivity contribution in [3.8, 4) is 12.3 Å². The lowest BCUT2D eigenvalue weighted by Crippen LogP contribution is -2.21. The predicted octanol–water partition coefficient (Wildman–Crippen LogP) is 3.59. The average molecular weight is 221 g/mol. The number of terminal acetylenes is 1. The van der Waals surface area contributed by atoms with Gasteiger partial charge in [-0.3, -0.25) is 0 Å². The van der Waals surface area contributed by atoms with Crippen LogP contribution >= 0.6 is 11.3 Å². The maximum Gasteiger partial charge on any atom is 0.0328 e. The molecule has 1 rings (SSSR count). The van der Waals surface area contributed by atoms with Gasteiger partial charge in [-0.2, -0.15) is 11.3 Å². The van der Waals surface area contributed by atoms with Crippen molar-refractivity contribution < 1.29 is 0 Å². The van der Waals surface area contributed by atoms with Crippen molar-refractivity contribution in [2.24, 2.45) is 0 Å². The molecule has 1 atom stereocenters. The van der Waals surface area contributed by atoms with Crippen LogP contribution in [0, 0.1) is 12.3 Å². The fourth-order valence-electron chi connectivity index (χ4n) is 1.59. The molecule has 0 aliphatic carbocycles. The highest BCUT2D eigenvalue weighted by Gasteiger charge is 2.09. The normalized spacial score (nSPS) is 12.3. The van der Waals surface area contributed by atoms with Gasteiger partial charge in [0.15, 0.2) is 0 Å². The van der Waals surface area contributed by atoms with E-state index < -0.39 is 0 Å². The molecular formula is C13H19NS. The minimum absolute atomic E-state index is 0.490. The molecule has 0 spiro atoms. The number of thiophene rings is 1. The molecule has 1 aromatic rings. The zero-order valence-electron chi connectivity index (χ0n) is 9.33. The van der Waals surface area contributed by atoms with E-state index in [1.54, 1.807) is 11.3 Å². The molecular weight excluding hydrogens is 202 g/mol. The largest absolute Gasteiger partial charge is 0.310 e. The minimum atomic E-state index is 0.490. The van der Waals surface area contributed by atoms with E-state index in [9.17, 15) is 0 Å². The van der Waals surface area contributed by atoms with E-state index in [0.29, 0.717) is 6.04 Å². The van der Waals surface area contributed by atoms with E-state index in [2.05, 4.69) is 35.0 Å². The zero-order chi connectivity index (χ0) is 10.9. The van der Waals surface area contributed by atoms with Crippen molar-refractivity contribution in [1.29, 1.82) is 0 Å². The number of hydrogen-bond acceptors (Lipinski definition) is 2. The maximum absolute atomic E-state index is 5.27. The fourth-order valence-corrected chi connectivity index (χ4v) is 2.30. The van der Waals surface area contributed by atoms with Gasteiger partial charge in [0.25, 0.3) is 0 Å². The van der Waals surface area contributed by atoms with Gasteiger partial charge >= 0.3 is 0 Å². The summed E-state index contributed by atoms with van der Waals surface area (Å²) in [5.41, 5.74) is 1.41. The first-order valence-electron chi connectivity index (χ1n) is 5.57. The Balaban J connectivity index is 2.43. The Bertz CT molecular complexity index is 284. The molecule has 0 saturated heterocycles. The SMILES string of the molecule is C#CCCCC(NCCC)c1ccsc1. The van der Waals surface area contributed by atoms with Crippen molar-refractivity contribution in [2.45, 2.75) is 38.6 Å². The van der Waals surface area contributed by atoms with Crippen molar-refractivity contribution in [1.82, 2.24) is 5.32 Å². The van der Waals surface area contributed by atoms with E-state index >= 15 is 0 Å². The summed E-state index contributed by atoms with van der Waals surface area (Å²) in [6.07, 6.45) is 9.57. The molecule has 0 radical (unpaired) electrons. The highest BCUT2D eigenvalue weighted by molar-refractivity contribution is 7.07. The van der Waals surface area contributed by atoms with Crippen molar-refractivity contribution in [2.75, 3.05) is 6.54 Å². The Hall–Kier alpha value is -0.780. The molecule has 82 valence electrons. The molecule has 0 aromatic carbocycles. The third kappa shape index (κ3) is 4.51. The molecule has 0 bridgehead atoms. The second-order valence-electron chi connectivity index (χ2n) is 3.66. The molecule has 1 N–H and O–H groups in total. The van der Waals surface area contributed by atoms with Gasteiger partial charge in [0.1, 0.15) is 0 Å². The lowest BCUT2D eigenvalue weighted by Gasteiger charge is -2.16. The molecule has 1 nitrogen and oxygen atoms in total. The lowest BCUT2D eigenvalue weighted by molar-refractivity contribution is 0.488. The summed E-state index contributed by atoms with van der Waals surface area (Å²) in [6.45, 7) is 3.27. The summed E-state index contributed by atoms with van der Waals surface area (Å²) in [5, 5.41) is 7.93. The van der Waals surface area contributed by atoms with Gasteiger partial charge in [-0.05, 0) is 48.2 Å². The number of hydrogen-bond donors (Lipinski definition) is 1. The first-order chi connectivity index (χ1) is 7.38. The summed E-state index contributed by atoms with van der Waals surface area (Å²) < 4.78 is 0. The zero-order valence-corrected chi connectivity index (χ0v) is 10.1. The Kier molecular flexibility index (Phi) is 6.15. The van der Waals surface area contributed by atoms with E-state index in [-0.39, 0.29) is 0 Å². The molecule has 1 unspecified atom stereocenters. The Morgan fingerprint density at radius 3 is 3.07 bits per heavy atom. The van der Waals surface area contributed by atoms with Crippen molar-refractivity contribution in [3.05, 3.63) is 22.4 Å². The first-order valence-corrected chi connectivity index (χ1v) is 6.51. The monoisotopic (exact) mass is 221 g/mol. The topological polar surface area (TPSA) is 12.0 Å². The van der Waals surface area contributed by atoms with E-state index in [4.69, 9.17) is 6.42 Å². The summed E-state index contributed by atoms with van der Waals surface area (Å²) in [4.78, 5) is 0.